The van der Waals surface area contributed by atoms with Crippen LogP contribution >= 0.6 is 15.9 Å². The number of pyridine rings is 1. The van der Waals surface area contributed by atoms with Crippen molar-refractivity contribution in [1.82, 2.24) is 4.98 Å². The summed E-state index contributed by atoms with van der Waals surface area (Å²) in [6, 6.07) is 4.04. The van der Waals surface area contributed by atoms with Crippen molar-refractivity contribution in [3.8, 4) is 0 Å². The lowest BCUT2D eigenvalue weighted by Crippen LogP contribution is -2.34. The van der Waals surface area contributed by atoms with Gasteiger partial charge < -0.3 is 4.90 Å². The molecule has 1 aromatic rings. The van der Waals surface area contributed by atoms with E-state index in [1.807, 2.05) is 12.3 Å². The summed E-state index contributed by atoms with van der Waals surface area (Å²) in [5.41, 5.74) is 0. The molecule has 0 radical (unpaired) electrons. The van der Waals surface area contributed by atoms with Gasteiger partial charge in [-0.05, 0) is 46.8 Å². The van der Waals surface area contributed by atoms with Gasteiger partial charge in [0.15, 0.2) is 0 Å². The van der Waals surface area contributed by atoms with Crippen LogP contribution in [0.5, 0.6) is 0 Å². The summed E-state index contributed by atoms with van der Waals surface area (Å²) >= 11 is 3.57. The molecule has 1 saturated heterocycles. The molecule has 2 rings (SSSR count). The molecule has 1 fully saturated rings. The molecule has 0 saturated carbocycles. The van der Waals surface area contributed by atoms with Crippen molar-refractivity contribution >= 4 is 21.7 Å². The van der Waals surface area contributed by atoms with Crippen LogP contribution in [0.15, 0.2) is 22.8 Å². The first-order valence-corrected chi connectivity index (χ1v) is 6.96. The summed E-state index contributed by atoms with van der Waals surface area (Å²) in [4.78, 5) is 6.85. The number of hydrogen-bond donors (Lipinski definition) is 0. The molecule has 16 heavy (non-hydrogen) atoms. The van der Waals surface area contributed by atoms with E-state index < -0.39 is 0 Å². The standard InChI is InChI=1S/C13H19BrN2/c1-2-4-11-6-9-16(10-7-11)13-12(14)5-3-8-15-13/h3,5,8,11H,2,4,6-7,9-10H2,1H3. The van der Waals surface area contributed by atoms with Gasteiger partial charge in [-0.3, -0.25) is 0 Å². The number of hydrogen-bond acceptors (Lipinski definition) is 2. The van der Waals surface area contributed by atoms with Crippen LogP contribution in [0.4, 0.5) is 5.82 Å². The predicted octanol–water partition coefficient (Wildman–Crippen LogP) is 3.86. The van der Waals surface area contributed by atoms with Gasteiger partial charge in [0.25, 0.3) is 0 Å². The van der Waals surface area contributed by atoms with Gasteiger partial charge in [-0.1, -0.05) is 19.8 Å². The third kappa shape index (κ3) is 2.76. The Hall–Kier alpha value is -0.570. The van der Waals surface area contributed by atoms with E-state index in [4.69, 9.17) is 0 Å². The molecule has 0 amide bonds. The fraction of sp³-hybridized carbons (Fsp3) is 0.615. The van der Waals surface area contributed by atoms with Gasteiger partial charge in [0.1, 0.15) is 5.82 Å². The monoisotopic (exact) mass is 282 g/mol. The molecule has 0 atom stereocenters. The first kappa shape index (κ1) is 11.9. The zero-order valence-electron chi connectivity index (χ0n) is 9.82. The molecule has 0 unspecified atom stereocenters. The number of nitrogens with zero attached hydrogens (tertiary/aromatic N) is 2. The van der Waals surface area contributed by atoms with Gasteiger partial charge in [0.05, 0.1) is 4.47 Å². The minimum absolute atomic E-state index is 0.934. The van der Waals surface area contributed by atoms with E-state index in [9.17, 15) is 0 Å². The second-order valence-corrected chi connectivity index (χ2v) is 5.38. The number of aromatic nitrogens is 1. The number of rotatable bonds is 3. The molecule has 0 aliphatic carbocycles. The smallest absolute Gasteiger partial charge is 0.142 e. The molecular formula is C13H19BrN2. The first-order chi connectivity index (χ1) is 7.81. The molecular weight excluding hydrogens is 264 g/mol. The summed E-state index contributed by atoms with van der Waals surface area (Å²) in [5, 5.41) is 0. The summed E-state index contributed by atoms with van der Waals surface area (Å²) in [6.45, 7) is 4.59. The summed E-state index contributed by atoms with van der Waals surface area (Å²) in [5.74, 6) is 2.04. The van der Waals surface area contributed by atoms with E-state index in [1.54, 1.807) is 0 Å². The Kier molecular flexibility index (Phi) is 4.22. The van der Waals surface area contributed by atoms with E-state index >= 15 is 0 Å². The van der Waals surface area contributed by atoms with E-state index in [-0.39, 0.29) is 0 Å². The Morgan fingerprint density at radius 2 is 2.19 bits per heavy atom. The van der Waals surface area contributed by atoms with Gasteiger partial charge in [-0.2, -0.15) is 0 Å². The highest BCUT2D eigenvalue weighted by Crippen LogP contribution is 2.28. The summed E-state index contributed by atoms with van der Waals surface area (Å²) < 4.78 is 1.11. The summed E-state index contributed by atoms with van der Waals surface area (Å²) in [7, 11) is 0. The van der Waals surface area contributed by atoms with E-state index in [2.05, 4.69) is 38.8 Å². The number of piperidine rings is 1. The van der Waals surface area contributed by atoms with Gasteiger partial charge >= 0.3 is 0 Å². The number of anilines is 1. The molecule has 1 aliphatic heterocycles. The molecule has 0 spiro atoms. The van der Waals surface area contributed by atoms with Crippen molar-refractivity contribution in [3.05, 3.63) is 22.8 Å². The Morgan fingerprint density at radius 3 is 2.81 bits per heavy atom. The summed E-state index contributed by atoms with van der Waals surface area (Å²) in [6.07, 6.45) is 7.21. The molecule has 1 aromatic heterocycles. The van der Waals surface area contributed by atoms with Gasteiger partial charge in [-0.25, -0.2) is 4.98 Å². The van der Waals surface area contributed by atoms with Crippen LogP contribution < -0.4 is 4.90 Å². The topological polar surface area (TPSA) is 16.1 Å². The van der Waals surface area contributed by atoms with Crippen molar-refractivity contribution in [2.75, 3.05) is 18.0 Å². The van der Waals surface area contributed by atoms with Gasteiger partial charge in [-0.15, -0.1) is 0 Å². The van der Waals surface area contributed by atoms with Crippen LogP contribution in [0.2, 0.25) is 0 Å². The van der Waals surface area contributed by atoms with Crippen LogP contribution in [0.3, 0.4) is 0 Å². The maximum atomic E-state index is 4.45. The van der Waals surface area contributed by atoms with Crippen LogP contribution in [-0.2, 0) is 0 Å². The molecule has 0 aromatic carbocycles. The van der Waals surface area contributed by atoms with E-state index in [1.165, 1.54) is 25.7 Å². The maximum absolute atomic E-state index is 4.45. The van der Waals surface area contributed by atoms with Crippen molar-refractivity contribution in [2.24, 2.45) is 5.92 Å². The normalized spacial score (nSPS) is 17.8. The highest BCUT2D eigenvalue weighted by atomic mass is 79.9. The Morgan fingerprint density at radius 1 is 1.44 bits per heavy atom. The average Bonchev–Trinajstić information content (AvgIpc) is 2.31. The molecule has 2 nitrogen and oxygen atoms in total. The third-order valence-electron chi connectivity index (χ3n) is 3.35. The fourth-order valence-electron chi connectivity index (χ4n) is 2.45. The quantitative estimate of drug-likeness (QED) is 0.837. The average molecular weight is 283 g/mol. The lowest BCUT2D eigenvalue weighted by molar-refractivity contribution is 0.377. The lowest BCUT2D eigenvalue weighted by Gasteiger charge is -2.33. The Balaban J connectivity index is 1.96. The lowest BCUT2D eigenvalue weighted by atomic mass is 9.92. The minimum Gasteiger partial charge on any atom is -0.356 e. The second kappa shape index (κ2) is 5.67. The zero-order valence-corrected chi connectivity index (χ0v) is 11.4. The van der Waals surface area contributed by atoms with E-state index in [0.29, 0.717) is 0 Å². The zero-order chi connectivity index (χ0) is 11.4. The van der Waals surface area contributed by atoms with Gasteiger partial charge in [0, 0.05) is 19.3 Å². The van der Waals surface area contributed by atoms with Crippen molar-refractivity contribution < 1.29 is 0 Å². The van der Waals surface area contributed by atoms with Crippen molar-refractivity contribution in [2.45, 2.75) is 32.6 Å². The van der Waals surface area contributed by atoms with Crippen LogP contribution in [-0.4, -0.2) is 18.1 Å². The fourth-order valence-corrected chi connectivity index (χ4v) is 2.96. The predicted molar refractivity (Wildman–Crippen MR) is 71.8 cm³/mol. The molecule has 1 aliphatic rings. The third-order valence-corrected chi connectivity index (χ3v) is 3.97. The maximum Gasteiger partial charge on any atom is 0.142 e. The first-order valence-electron chi connectivity index (χ1n) is 6.16. The highest BCUT2D eigenvalue weighted by Gasteiger charge is 2.20. The Bertz CT molecular complexity index is 332. The highest BCUT2D eigenvalue weighted by molar-refractivity contribution is 9.10. The number of halogens is 1. The van der Waals surface area contributed by atoms with Crippen molar-refractivity contribution in [3.63, 3.8) is 0 Å². The molecule has 2 heterocycles. The van der Waals surface area contributed by atoms with Crippen LogP contribution in [0.1, 0.15) is 32.6 Å². The largest absolute Gasteiger partial charge is 0.356 e. The second-order valence-electron chi connectivity index (χ2n) is 4.53. The van der Waals surface area contributed by atoms with Crippen LogP contribution in [0.25, 0.3) is 0 Å². The minimum atomic E-state index is 0.934. The SMILES string of the molecule is CCCC1CCN(c2ncccc2Br)CC1. The Labute approximate surface area is 106 Å². The molecule has 0 bridgehead atoms. The molecule has 3 heteroatoms. The van der Waals surface area contributed by atoms with E-state index in [0.717, 1.165) is 29.3 Å². The van der Waals surface area contributed by atoms with Crippen molar-refractivity contribution in [1.29, 1.82) is 0 Å². The van der Waals surface area contributed by atoms with Gasteiger partial charge in [0.2, 0.25) is 0 Å². The molecule has 88 valence electrons. The molecule has 0 N–H and O–H groups in total. The van der Waals surface area contributed by atoms with Crippen LogP contribution in [0, 0.1) is 5.92 Å².